The number of hydroxylamine groups is 1. The largest absolute Gasteiger partial charge is 0.359 e. The van der Waals surface area contributed by atoms with Crippen LogP contribution >= 0.6 is 0 Å². The summed E-state index contributed by atoms with van der Waals surface area (Å²) in [7, 11) is 1.74. The Morgan fingerprint density at radius 2 is 1.85 bits per heavy atom. The molecular weight excluding hydrogens is 164 g/mol. The zero-order valence-electron chi connectivity index (χ0n) is 8.29. The summed E-state index contributed by atoms with van der Waals surface area (Å²) in [5.74, 6) is 0. The van der Waals surface area contributed by atoms with Crippen molar-refractivity contribution in [1.29, 1.82) is 0 Å². The summed E-state index contributed by atoms with van der Waals surface area (Å²) >= 11 is 0. The van der Waals surface area contributed by atoms with Gasteiger partial charge in [-0.25, -0.2) is 5.48 Å². The summed E-state index contributed by atoms with van der Waals surface area (Å²) in [5, 5.41) is 3.19. The molecule has 0 saturated heterocycles. The fourth-order valence-electron chi connectivity index (χ4n) is 1.09. The van der Waals surface area contributed by atoms with E-state index in [9.17, 15) is 0 Å². The lowest BCUT2D eigenvalue weighted by Gasteiger charge is -2.14. The van der Waals surface area contributed by atoms with Crippen LogP contribution in [0.5, 0.6) is 0 Å². The van der Waals surface area contributed by atoms with E-state index in [1.54, 1.807) is 7.05 Å². The Bertz CT molecular complexity index is 246. The third-order valence-electron chi connectivity index (χ3n) is 1.72. The lowest BCUT2D eigenvalue weighted by atomic mass is 10.2. The molecule has 0 bridgehead atoms. The van der Waals surface area contributed by atoms with Crippen LogP contribution in [0.3, 0.4) is 0 Å². The average molecular weight is 180 g/mol. The van der Waals surface area contributed by atoms with Crippen molar-refractivity contribution in [3.63, 3.8) is 0 Å². The maximum absolute atomic E-state index is 5.11. The van der Waals surface area contributed by atoms with Crippen LogP contribution in [0.1, 0.15) is 12.5 Å². The number of nitrogens with one attached hydrogen (secondary N) is 2. The molecule has 0 aliphatic carbocycles. The third kappa shape index (κ3) is 3.44. The molecule has 0 saturated carbocycles. The predicted molar refractivity (Wildman–Crippen MR) is 54.4 cm³/mol. The van der Waals surface area contributed by atoms with Crippen LogP contribution in [-0.2, 0) is 4.84 Å². The minimum absolute atomic E-state index is 0.0345. The highest BCUT2D eigenvalue weighted by Gasteiger charge is 1.99. The van der Waals surface area contributed by atoms with Gasteiger partial charge in [-0.05, 0) is 26.0 Å². The van der Waals surface area contributed by atoms with Gasteiger partial charge in [0.05, 0.1) is 0 Å². The van der Waals surface area contributed by atoms with Crippen LogP contribution in [0, 0.1) is 6.92 Å². The van der Waals surface area contributed by atoms with Crippen LogP contribution in [0.25, 0.3) is 0 Å². The minimum Gasteiger partial charge on any atom is -0.359 e. The van der Waals surface area contributed by atoms with E-state index >= 15 is 0 Å². The number of hydrogen-bond acceptors (Lipinski definition) is 3. The third-order valence-corrected chi connectivity index (χ3v) is 1.72. The molecule has 0 spiro atoms. The normalized spacial score (nSPS) is 12.5. The molecule has 0 heterocycles. The van der Waals surface area contributed by atoms with Gasteiger partial charge in [-0.2, -0.15) is 0 Å². The van der Waals surface area contributed by atoms with Crippen molar-refractivity contribution in [3.05, 3.63) is 29.8 Å². The molecule has 3 nitrogen and oxygen atoms in total. The molecule has 13 heavy (non-hydrogen) atoms. The molecule has 0 amide bonds. The molecule has 1 atom stereocenters. The standard InChI is InChI=1S/C10H16N2O/c1-8-4-6-10(7-5-8)12-9(2)13-11-3/h4-7,9,11-12H,1-3H3. The molecule has 1 aromatic carbocycles. The highest BCUT2D eigenvalue weighted by molar-refractivity contribution is 5.44. The molecule has 1 unspecified atom stereocenters. The summed E-state index contributed by atoms with van der Waals surface area (Å²) in [5.41, 5.74) is 4.96. The molecule has 1 aromatic rings. The predicted octanol–water partition coefficient (Wildman–Crippen LogP) is 1.90. The first kappa shape index (κ1) is 10.0. The maximum Gasteiger partial charge on any atom is 0.145 e. The number of rotatable bonds is 4. The monoisotopic (exact) mass is 180 g/mol. The van der Waals surface area contributed by atoms with Crippen molar-refractivity contribution in [2.45, 2.75) is 20.1 Å². The van der Waals surface area contributed by atoms with E-state index in [-0.39, 0.29) is 6.23 Å². The summed E-state index contributed by atoms with van der Waals surface area (Å²) in [6, 6.07) is 8.19. The molecule has 3 heteroatoms. The second-order valence-corrected chi connectivity index (χ2v) is 2.97. The van der Waals surface area contributed by atoms with Gasteiger partial charge in [0.25, 0.3) is 0 Å². The molecule has 0 aromatic heterocycles. The summed E-state index contributed by atoms with van der Waals surface area (Å²) in [4.78, 5) is 5.11. The zero-order valence-corrected chi connectivity index (χ0v) is 8.29. The Morgan fingerprint density at radius 1 is 1.23 bits per heavy atom. The van der Waals surface area contributed by atoms with Crippen LogP contribution in [-0.4, -0.2) is 13.3 Å². The van der Waals surface area contributed by atoms with Crippen molar-refractivity contribution in [2.24, 2.45) is 0 Å². The maximum atomic E-state index is 5.11. The first-order valence-electron chi connectivity index (χ1n) is 4.38. The van der Waals surface area contributed by atoms with Crippen LogP contribution < -0.4 is 10.8 Å². The van der Waals surface area contributed by atoms with Gasteiger partial charge < -0.3 is 5.32 Å². The van der Waals surface area contributed by atoms with Gasteiger partial charge in [0.2, 0.25) is 0 Å². The molecule has 0 aliphatic heterocycles. The van der Waals surface area contributed by atoms with Gasteiger partial charge in [0, 0.05) is 12.7 Å². The molecule has 0 aliphatic rings. The Hall–Kier alpha value is -1.06. The summed E-state index contributed by atoms with van der Waals surface area (Å²) in [6.07, 6.45) is -0.0345. The van der Waals surface area contributed by atoms with Gasteiger partial charge in [0.1, 0.15) is 6.23 Å². The summed E-state index contributed by atoms with van der Waals surface area (Å²) in [6.45, 7) is 4.01. The highest BCUT2D eigenvalue weighted by Crippen LogP contribution is 2.09. The fraction of sp³-hybridized carbons (Fsp3) is 0.400. The molecule has 0 radical (unpaired) electrons. The number of aryl methyl sites for hydroxylation is 1. The quantitative estimate of drug-likeness (QED) is 0.548. The second-order valence-electron chi connectivity index (χ2n) is 2.97. The van der Waals surface area contributed by atoms with Crippen LogP contribution in [0.2, 0.25) is 0 Å². The van der Waals surface area contributed by atoms with E-state index in [0.717, 1.165) is 5.69 Å². The van der Waals surface area contributed by atoms with Crippen LogP contribution in [0.4, 0.5) is 5.69 Å². The van der Waals surface area contributed by atoms with Gasteiger partial charge in [-0.1, -0.05) is 17.7 Å². The molecular formula is C10H16N2O. The molecule has 2 N–H and O–H groups in total. The second kappa shape index (κ2) is 4.84. The number of benzene rings is 1. The Morgan fingerprint density at radius 3 is 2.38 bits per heavy atom. The van der Waals surface area contributed by atoms with Crippen molar-refractivity contribution in [2.75, 3.05) is 12.4 Å². The highest BCUT2D eigenvalue weighted by atomic mass is 16.7. The molecule has 72 valence electrons. The first-order valence-corrected chi connectivity index (χ1v) is 4.38. The van der Waals surface area contributed by atoms with Crippen molar-refractivity contribution >= 4 is 5.69 Å². The van der Waals surface area contributed by atoms with Gasteiger partial charge in [-0.3, -0.25) is 4.84 Å². The van der Waals surface area contributed by atoms with E-state index in [4.69, 9.17) is 4.84 Å². The Labute approximate surface area is 79.1 Å². The van der Waals surface area contributed by atoms with E-state index in [0.29, 0.717) is 0 Å². The Kier molecular flexibility index (Phi) is 3.73. The smallest absolute Gasteiger partial charge is 0.145 e. The average Bonchev–Trinajstić information content (AvgIpc) is 2.09. The minimum atomic E-state index is -0.0345. The van der Waals surface area contributed by atoms with Gasteiger partial charge >= 0.3 is 0 Å². The van der Waals surface area contributed by atoms with E-state index < -0.39 is 0 Å². The number of anilines is 1. The SMILES string of the molecule is CNOC(C)Nc1ccc(C)cc1. The fourth-order valence-corrected chi connectivity index (χ4v) is 1.09. The summed E-state index contributed by atoms with van der Waals surface area (Å²) < 4.78 is 0. The Balaban J connectivity index is 2.49. The van der Waals surface area contributed by atoms with Gasteiger partial charge in [0.15, 0.2) is 0 Å². The topological polar surface area (TPSA) is 33.3 Å². The van der Waals surface area contributed by atoms with E-state index in [1.807, 2.05) is 19.1 Å². The zero-order chi connectivity index (χ0) is 9.68. The lowest BCUT2D eigenvalue weighted by Crippen LogP contribution is -2.25. The van der Waals surface area contributed by atoms with Crippen molar-refractivity contribution < 1.29 is 4.84 Å². The van der Waals surface area contributed by atoms with Crippen LogP contribution in [0.15, 0.2) is 24.3 Å². The van der Waals surface area contributed by atoms with Gasteiger partial charge in [-0.15, -0.1) is 0 Å². The van der Waals surface area contributed by atoms with Crippen molar-refractivity contribution in [1.82, 2.24) is 5.48 Å². The lowest BCUT2D eigenvalue weighted by molar-refractivity contribution is 0.0146. The molecule has 1 rings (SSSR count). The molecule has 0 fully saturated rings. The van der Waals surface area contributed by atoms with E-state index in [1.165, 1.54) is 5.56 Å². The first-order chi connectivity index (χ1) is 6.22. The van der Waals surface area contributed by atoms with Crippen molar-refractivity contribution in [3.8, 4) is 0 Å². The number of hydrogen-bond donors (Lipinski definition) is 2. The van der Waals surface area contributed by atoms with E-state index in [2.05, 4.69) is 29.9 Å².